The molecular formula is C14H18BrN3O2. The van der Waals surface area contributed by atoms with Gasteiger partial charge >= 0.3 is 0 Å². The summed E-state index contributed by atoms with van der Waals surface area (Å²) in [5.74, 6) is 0.930. The maximum atomic E-state index is 5.96. The van der Waals surface area contributed by atoms with Crippen molar-refractivity contribution in [3.63, 3.8) is 0 Å². The summed E-state index contributed by atoms with van der Waals surface area (Å²) in [7, 11) is 0. The molecule has 2 aromatic rings. The number of halogens is 1. The molecule has 0 saturated heterocycles. The van der Waals surface area contributed by atoms with Crippen LogP contribution in [0.25, 0.3) is 11.5 Å². The van der Waals surface area contributed by atoms with E-state index in [0.29, 0.717) is 24.9 Å². The van der Waals surface area contributed by atoms with E-state index < -0.39 is 0 Å². The first-order valence-electron chi connectivity index (χ1n) is 6.55. The molecule has 0 aliphatic rings. The fourth-order valence-electron chi connectivity index (χ4n) is 1.66. The first-order valence-corrected chi connectivity index (χ1v) is 7.34. The van der Waals surface area contributed by atoms with Gasteiger partial charge in [0.1, 0.15) is 0 Å². The third kappa shape index (κ3) is 3.65. The summed E-state index contributed by atoms with van der Waals surface area (Å²) in [5.41, 5.74) is 7.98. The summed E-state index contributed by atoms with van der Waals surface area (Å²) >= 11 is 3.49. The molecule has 1 unspecified atom stereocenters. The van der Waals surface area contributed by atoms with Gasteiger partial charge in [-0.15, -0.1) is 0 Å². The van der Waals surface area contributed by atoms with E-state index in [1.54, 1.807) is 0 Å². The molecule has 2 rings (SSSR count). The number of rotatable bonds is 6. The molecule has 1 atom stereocenters. The lowest BCUT2D eigenvalue weighted by molar-refractivity contribution is 0.119. The van der Waals surface area contributed by atoms with E-state index in [-0.39, 0.29) is 6.04 Å². The van der Waals surface area contributed by atoms with Crippen molar-refractivity contribution in [1.29, 1.82) is 0 Å². The van der Waals surface area contributed by atoms with Crippen LogP contribution >= 0.6 is 15.9 Å². The Morgan fingerprint density at radius 2 is 2.25 bits per heavy atom. The van der Waals surface area contributed by atoms with Gasteiger partial charge in [0.15, 0.2) is 5.82 Å². The molecule has 0 aliphatic heterocycles. The largest absolute Gasteiger partial charge is 0.379 e. The summed E-state index contributed by atoms with van der Waals surface area (Å²) in [6, 6.07) is 5.52. The Balaban J connectivity index is 2.09. The second kappa shape index (κ2) is 6.97. The van der Waals surface area contributed by atoms with Crippen LogP contribution in [0, 0.1) is 6.92 Å². The molecule has 0 bridgehead atoms. The standard InChI is InChI=1S/C14H18BrN3O2/c1-3-6-19-8-12(16)13-17-14(20-18-13)10-5-4-9(2)11(15)7-10/h4-5,7,12H,3,6,8,16H2,1-2H3. The van der Waals surface area contributed by atoms with E-state index in [9.17, 15) is 0 Å². The third-order valence-corrected chi connectivity index (χ3v) is 3.69. The molecule has 0 aliphatic carbocycles. The summed E-state index contributed by atoms with van der Waals surface area (Å²) in [4.78, 5) is 4.33. The van der Waals surface area contributed by atoms with E-state index in [4.69, 9.17) is 15.0 Å². The maximum Gasteiger partial charge on any atom is 0.258 e. The van der Waals surface area contributed by atoms with Crippen molar-refractivity contribution < 1.29 is 9.26 Å². The highest BCUT2D eigenvalue weighted by molar-refractivity contribution is 9.10. The maximum absolute atomic E-state index is 5.96. The minimum absolute atomic E-state index is 0.368. The van der Waals surface area contributed by atoms with Crippen LogP contribution < -0.4 is 5.73 Å². The average Bonchev–Trinajstić information content (AvgIpc) is 2.92. The number of aromatic nitrogens is 2. The van der Waals surface area contributed by atoms with E-state index >= 15 is 0 Å². The molecule has 0 amide bonds. The van der Waals surface area contributed by atoms with Crippen LogP contribution in [0.3, 0.4) is 0 Å². The van der Waals surface area contributed by atoms with Crippen molar-refractivity contribution in [3.8, 4) is 11.5 Å². The van der Waals surface area contributed by atoms with Crippen molar-refractivity contribution in [3.05, 3.63) is 34.1 Å². The van der Waals surface area contributed by atoms with E-state index in [1.165, 1.54) is 0 Å². The van der Waals surface area contributed by atoms with Gasteiger partial charge in [-0.25, -0.2) is 0 Å². The molecule has 0 fully saturated rings. The highest BCUT2D eigenvalue weighted by Crippen LogP contribution is 2.25. The van der Waals surface area contributed by atoms with Crippen molar-refractivity contribution >= 4 is 15.9 Å². The number of hydrogen-bond acceptors (Lipinski definition) is 5. The Kier molecular flexibility index (Phi) is 5.28. The average molecular weight is 340 g/mol. The Labute approximate surface area is 126 Å². The summed E-state index contributed by atoms with van der Waals surface area (Å²) in [5, 5.41) is 3.92. The van der Waals surface area contributed by atoms with Crippen LogP contribution in [-0.2, 0) is 4.74 Å². The van der Waals surface area contributed by atoms with Crippen LogP contribution in [0.1, 0.15) is 30.8 Å². The van der Waals surface area contributed by atoms with Gasteiger partial charge in [-0.1, -0.05) is 34.1 Å². The lowest BCUT2D eigenvalue weighted by atomic mass is 10.1. The van der Waals surface area contributed by atoms with Crippen LogP contribution in [0.2, 0.25) is 0 Å². The van der Waals surface area contributed by atoms with E-state index in [0.717, 1.165) is 22.0 Å². The minimum atomic E-state index is -0.368. The molecule has 5 nitrogen and oxygen atoms in total. The molecule has 1 aromatic carbocycles. The highest BCUT2D eigenvalue weighted by Gasteiger charge is 2.15. The van der Waals surface area contributed by atoms with Gasteiger partial charge in [0.25, 0.3) is 5.89 Å². The lowest BCUT2D eigenvalue weighted by Gasteiger charge is -2.06. The summed E-state index contributed by atoms with van der Waals surface area (Å²) in [6.07, 6.45) is 0.960. The Morgan fingerprint density at radius 1 is 1.45 bits per heavy atom. The summed E-state index contributed by atoms with van der Waals surface area (Å²) < 4.78 is 11.7. The quantitative estimate of drug-likeness (QED) is 0.817. The molecular weight excluding hydrogens is 322 g/mol. The number of nitrogens with two attached hydrogens (primary N) is 1. The zero-order chi connectivity index (χ0) is 14.5. The number of hydrogen-bond donors (Lipinski definition) is 1. The van der Waals surface area contributed by atoms with Gasteiger partial charge < -0.3 is 15.0 Å². The fraction of sp³-hybridized carbons (Fsp3) is 0.429. The van der Waals surface area contributed by atoms with Gasteiger partial charge in [-0.3, -0.25) is 0 Å². The molecule has 6 heteroatoms. The number of aryl methyl sites for hydroxylation is 1. The Hall–Kier alpha value is -1.24. The van der Waals surface area contributed by atoms with Crippen LogP contribution in [0.4, 0.5) is 0 Å². The molecule has 2 N–H and O–H groups in total. The zero-order valence-corrected chi connectivity index (χ0v) is 13.2. The van der Waals surface area contributed by atoms with E-state index in [1.807, 2.05) is 32.0 Å². The minimum Gasteiger partial charge on any atom is -0.379 e. The van der Waals surface area contributed by atoms with Crippen molar-refractivity contribution in [2.75, 3.05) is 13.2 Å². The molecule has 20 heavy (non-hydrogen) atoms. The van der Waals surface area contributed by atoms with Crippen molar-refractivity contribution in [1.82, 2.24) is 10.1 Å². The van der Waals surface area contributed by atoms with Gasteiger partial charge in [-0.2, -0.15) is 4.98 Å². The topological polar surface area (TPSA) is 74.2 Å². The van der Waals surface area contributed by atoms with Gasteiger partial charge in [0.05, 0.1) is 12.6 Å². The van der Waals surface area contributed by atoms with Crippen LogP contribution in [-0.4, -0.2) is 23.4 Å². The monoisotopic (exact) mass is 339 g/mol. The normalized spacial score (nSPS) is 12.6. The van der Waals surface area contributed by atoms with Crippen LogP contribution in [0.5, 0.6) is 0 Å². The zero-order valence-electron chi connectivity index (χ0n) is 11.6. The van der Waals surface area contributed by atoms with Gasteiger partial charge in [0.2, 0.25) is 0 Å². The van der Waals surface area contributed by atoms with Gasteiger partial charge in [0, 0.05) is 16.6 Å². The smallest absolute Gasteiger partial charge is 0.258 e. The summed E-state index contributed by atoms with van der Waals surface area (Å²) in [6.45, 7) is 5.15. The Bertz CT molecular complexity index is 571. The SMILES string of the molecule is CCCOCC(N)c1noc(-c2ccc(C)c(Br)c2)n1. The predicted octanol–water partition coefficient (Wildman–Crippen LogP) is 3.23. The molecule has 1 heterocycles. The molecule has 0 radical (unpaired) electrons. The molecule has 108 valence electrons. The van der Waals surface area contributed by atoms with Crippen molar-refractivity contribution in [2.45, 2.75) is 26.3 Å². The lowest BCUT2D eigenvalue weighted by Crippen LogP contribution is -2.18. The molecule has 1 aromatic heterocycles. The number of nitrogens with zero attached hydrogens (tertiary/aromatic N) is 2. The Morgan fingerprint density at radius 3 is 2.95 bits per heavy atom. The van der Waals surface area contributed by atoms with Crippen molar-refractivity contribution in [2.24, 2.45) is 5.73 Å². The predicted molar refractivity (Wildman–Crippen MR) is 80.2 cm³/mol. The van der Waals surface area contributed by atoms with E-state index in [2.05, 4.69) is 26.1 Å². The molecule has 0 spiro atoms. The molecule has 0 saturated carbocycles. The third-order valence-electron chi connectivity index (χ3n) is 2.84. The van der Waals surface area contributed by atoms with Crippen LogP contribution in [0.15, 0.2) is 27.2 Å². The number of ether oxygens (including phenoxy) is 1. The fourth-order valence-corrected chi connectivity index (χ4v) is 2.04. The highest BCUT2D eigenvalue weighted by atomic mass is 79.9. The first-order chi connectivity index (χ1) is 9.61. The number of benzene rings is 1. The first kappa shape index (κ1) is 15.2. The second-order valence-corrected chi connectivity index (χ2v) is 5.46. The van der Waals surface area contributed by atoms with Gasteiger partial charge in [-0.05, 0) is 31.0 Å². The second-order valence-electron chi connectivity index (χ2n) is 4.60.